The zero-order chi connectivity index (χ0) is 20.3. The molecule has 2 aromatic heterocycles. The van der Waals surface area contributed by atoms with E-state index in [2.05, 4.69) is 38.6 Å². The first-order valence-electron chi connectivity index (χ1n) is 10.1. The smallest absolute Gasteiger partial charge is 0.206 e. The standard InChI is InChI=1S/C21H23N7OS/c1-29-17-8-6-16(7-9-17)14-28-20(23-24-25-28)15-26-10-12-27(13-11-26)21-22-18-4-2-3-5-19(18)30-21/h2-9H,10-15H2,1H3/p+1. The zero-order valence-corrected chi connectivity index (χ0v) is 17.7. The molecule has 8 nitrogen and oxygen atoms in total. The van der Waals surface area contributed by atoms with Crippen LogP contribution in [0.5, 0.6) is 5.75 Å². The Balaban J connectivity index is 1.20. The van der Waals surface area contributed by atoms with Gasteiger partial charge in [0.15, 0.2) is 5.13 Å². The molecule has 5 rings (SSSR count). The molecule has 0 aliphatic carbocycles. The third-order valence-corrected chi connectivity index (χ3v) is 6.63. The molecule has 1 aliphatic heterocycles. The van der Waals surface area contributed by atoms with Crippen molar-refractivity contribution in [2.24, 2.45) is 0 Å². The van der Waals surface area contributed by atoms with Crippen LogP contribution in [-0.2, 0) is 13.1 Å². The van der Waals surface area contributed by atoms with Crippen molar-refractivity contribution in [2.75, 3.05) is 38.2 Å². The molecule has 0 saturated carbocycles. The van der Waals surface area contributed by atoms with Crippen LogP contribution in [0.1, 0.15) is 11.4 Å². The van der Waals surface area contributed by atoms with Gasteiger partial charge in [0, 0.05) is 0 Å². The van der Waals surface area contributed by atoms with E-state index < -0.39 is 0 Å². The summed E-state index contributed by atoms with van der Waals surface area (Å²) in [5.41, 5.74) is 2.24. The molecule has 154 valence electrons. The minimum absolute atomic E-state index is 0.664. The van der Waals surface area contributed by atoms with E-state index >= 15 is 0 Å². The Bertz CT molecular complexity index is 1080. The molecule has 0 radical (unpaired) electrons. The number of hydrogen-bond acceptors (Lipinski definition) is 7. The Morgan fingerprint density at radius 3 is 2.63 bits per heavy atom. The number of para-hydroxylation sites is 1. The van der Waals surface area contributed by atoms with Gasteiger partial charge in [-0.2, -0.15) is 0 Å². The number of hydrogen-bond donors (Lipinski definition) is 1. The molecule has 2 aromatic carbocycles. The van der Waals surface area contributed by atoms with Crippen LogP contribution in [-0.4, -0.2) is 58.5 Å². The van der Waals surface area contributed by atoms with E-state index in [0.29, 0.717) is 6.54 Å². The lowest BCUT2D eigenvalue weighted by atomic mass is 10.2. The maximum atomic E-state index is 5.23. The Morgan fingerprint density at radius 2 is 1.87 bits per heavy atom. The van der Waals surface area contributed by atoms with Crippen molar-refractivity contribution >= 4 is 26.7 Å². The number of thiazole rings is 1. The van der Waals surface area contributed by atoms with Crippen molar-refractivity contribution in [3.8, 4) is 5.75 Å². The summed E-state index contributed by atoms with van der Waals surface area (Å²) < 4.78 is 8.38. The summed E-state index contributed by atoms with van der Waals surface area (Å²) >= 11 is 1.78. The summed E-state index contributed by atoms with van der Waals surface area (Å²) in [6.45, 7) is 5.58. The number of methoxy groups -OCH3 is 1. The van der Waals surface area contributed by atoms with Gasteiger partial charge in [-0.15, -0.1) is 5.10 Å². The van der Waals surface area contributed by atoms with Crippen LogP contribution in [0.2, 0.25) is 0 Å². The number of tetrazole rings is 1. The first-order chi connectivity index (χ1) is 14.8. The molecule has 0 bridgehead atoms. The third kappa shape index (κ3) is 3.99. The fourth-order valence-corrected chi connectivity index (χ4v) is 4.80. The second kappa shape index (κ2) is 8.37. The van der Waals surface area contributed by atoms with Gasteiger partial charge in [0.2, 0.25) is 5.82 Å². The monoisotopic (exact) mass is 422 g/mol. The van der Waals surface area contributed by atoms with Gasteiger partial charge in [0.25, 0.3) is 0 Å². The molecule has 0 amide bonds. The van der Waals surface area contributed by atoms with Crippen LogP contribution in [0, 0.1) is 0 Å². The van der Waals surface area contributed by atoms with Gasteiger partial charge < -0.3 is 14.5 Å². The fraction of sp³-hybridized carbons (Fsp3) is 0.333. The van der Waals surface area contributed by atoms with E-state index in [-0.39, 0.29) is 0 Å². The quantitative estimate of drug-likeness (QED) is 0.504. The van der Waals surface area contributed by atoms with E-state index in [1.54, 1.807) is 18.4 Å². The summed E-state index contributed by atoms with van der Waals surface area (Å²) in [4.78, 5) is 8.70. The molecule has 30 heavy (non-hydrogen) atoms. The molecule has 0 atom stereocenters. The number of rotatable bonds is 6. The van der Waals surface area contributed by atoms with Gasteiger partial charge in [-0.05, 0) is 40.3 Å². The van der Waals surface area contributed by atoms with Crippen LogP contribution < -0.4 is 14.5 Å². The second-order valence-electron chi connectivity index (χ2n) is 7.48. The topological polar surface area (TPSA) is 73.4 Å². The second-order valence-corrected chi connectivity index (χ2v) is 8.49. The Kier molecular flexibility index (Phi) is 5.29. The highest BCUT2D eigenvalue weighted by Crippen LogP contribution is 2.28. The van der Waals surface area contributed by atoms with Crippen molar-refractivity contribution in [3.05, 3.63) is 59.9 Å². The van der Waals surface area contributed by atoms with E-state index in [4.69, 9.17) is 9.72 Å². The van der Waals surface area contributed by atoms with E-state index in [1.165, 1.54) is 9.60 Å². The highest BCUT2D eigenvalue weighted by molar-refractivity contribution is 7.22. The summed E-state index contributed by atoms with van der Waals surface area (Å²) in [5.74, 6) is 1.78. The predicted molar refractivity (Wildman–Crippen MR) is 116 cm³/mol. The largest absolute Gasteiger partial charge is 0.497 e. The van der Waals surface area contributed by atoms with Gasteiger partial charge >= 0.3 is 0 Å². The molecule has 0 spiro atoms. The molecule has 4 aromatic rings. The maximum Gasteiger partial charge on any atom is 0.206 e. The van der Waals surface area contributed by atoms with E-state index in [0.717, 1.165) is 60.5 Å². The van der Waals surface area contributed by atoms with Crippen molar-refractivity contribution in [3.63, 3.8) is 0 Å². The lowest BCUT2D eigenvalue weighted by molar-refractivity contribution is -0.915. The molecule has 9 heteroatoms. The lowest BCUT2D eigenvalue weighted by Crippen LogP contribution is -3.13. The molecule has 1 N–H and O–H groups in total. The van der Waals surface area contributed by atoms with Gasteiger partial charge in [-0.25, -0.2) is 9.67 Å². The Labute approximate surface area is 178 Å². The van der Waals surface area contributed by atoms with Crippen LogP contribution in [0.15, 0.2) is 48.5 Å². The number of fused-ring (bicyclic) bond motifs is 1. The molecule has 0 unspecified atom stereocenters. The predicted octanol–water partition coefficient (Wildman–Crippen LogP) is 1.24. The summed E-state index contributed by atoms with van der Waals surface area (Å²) in [6.07, 6.45) is 0. The highest BCUT2D eigenvalue weighted by atomic mass is 32.1. The summed E-state index contributed by atoms with van der Waals surface area (Å²) in [6, 6.07) is 16.4. The average molecular weight is 423 g/mol. The van der Waals surface area contributed by atoms with E-state index in [1.807, 2.05) is 35.0 Å². The Morgan fingerprint density at radius 1 is 1.07 bits per heavy atom. The molecule has 3 heterocycles. The number of nitrogens with zero attached hydrogens (tertiary/aromatic N) is 6. The number of nitrogens with one attached hydrogen (secondary N) is 1. The SMILES string of the molecule is COc1ccc(Cn2nnnc2C[NH+]2CCN(c3nc4ccccc4s3)CC2)cc1. The number of aromatic nitrogens is 5. The maximum absolute atomic E-state index is 5.23. The zero-order valence-electron chi connectivity index (χ0n) is 16.9. The van der Waals surface area contributed by atoms with Gasteiger partial charge in [0.05, 0.1) is 50.1 Å². The van der Waals surface area contributed by atoms with Crippen molar-refractivity contribution in [1.29, 1.82) is 0 Å². The van der Waals surface area contributed by atoms with Crippen LogP contribution in [0.3, 0.4) is 0 Å². The summed E-state index contributed by atoms with van der Waals surface area (Å²) in [5, 5.41) is 13.5. The number of ether oxygens (including phenoxy) is 1. The number of benzene rings is 2. The fourth-order valence-electron chi connectivity index (χ4n) is 3.79. The van der Waals surface area contributed by atoms with Gasteiger partial charge in [-0.3, -0.25) is 0 Å². The number of piperazine rings is 1. The Hall–Kier alpha value is -3.04. The van der Waals surface area contributed by atoms with Crippen LogP contribution in [0.4, 0.5) is 5.13 Å². The first kappa shape index (κ1) is 19.0. The van der Waals surface area contributed by atoms with Crippen molar-refractivity contribution in [1.82, 2.24) is 25.2 Å². The first-order valence-corrected chi connectivity index (χ1v) is 10.9. The molecule has 1 saturated heterocycles. The minimum atomic E-state index is 0.664. The highest BCUT2D eigenvalue weighted by Gasteiger charge is 2.24. The van der Waals surface area contributed by atoms with Gasteiger partial charge in [0.1, 0.15) is 12.3 Å². The van der Waals surface area contributed by atoms with Crippen LogP contribution in [0.25, 0.3) is 10.2 Å². The number of quaternary nitrogens is 1. The summed E-state index contributed by atoms with van der Waals surface area (Å²) in [7, 11) is 1.67. The number of anilines is 1. The average Bonchev–Trinajstić information content (AvgIpc) is 3.42. The van der Waals surface area contributed by atoms with E-state index in [9.17, 15) is 0 Å². The molecule has 1 fully saturated rings. The third-order valence-electron chi connectivity index (χ3n) is 5.53. The normalized spacial score (nSPS) is 15.0. The van der Waals surface area contributed by atoms with Crippen molar-refractivity contribution in [2.45, 2.75) is 13.1 Å². The molecule has 1 aliphatic rings. The lowest BCUT2D eigenvalue weighted by Gasteiger charge is -2.31. The molecular weight excluding hydrogens is 398 g/mol. The minimum Gasteiger partial charge on any atom is -0.497 e. The van der Waals surface area contributed by atoms with Crippen LogP contribution >= 0.6 is 11.3 Å². The van der Waals surface area contributed by atoms with Gasteiger partial charge in [-0.1, -0.05) is 35.6 Å². The van der Waals surface area contributed by atoms with Crippen molar-refractivity contribution < 1.29 is 9.64 Å². The molecular formula is C21H24N7OS+.